The number of ketones is 1. The maximum absolute atomic E-state index is 13.3. The summed E-state index contributed by atoms with van der Waals surface area (Å²) in [5, 5.41) is 11.2. The van der Waals surface area contributed by atoms with Crippen LogP contribution in [0.1, 0.15) is 28.5 Å². The van der Waals surface area contributed by atoms with E-state index in [1.54, 1.807) is 18.2 Å². The molecule has 0 saturated carbocycles. The van der Waals surface area contributed by atoms with Crippen LogP contribution in [0, 0.1) is 13.8 Å². The average molecular weight is 472 g/mol. The summed E-state index contributed by atoms with van der Waals surface area (Å²) in [4.78, 5) is 32.5. The first-order valence-electron chi connectivity index (χ1n) is 11.8. The van der Waals surface area contributed by atoms with Crippen molar-refractivity contribution in [3.63, 3.8) is 0 Å². The minimum Gasteiger partial charge on any atom is -0.507 e. The molecule has 0 aliphatic carbocycles. The zero-order valence-corrected chi connectivity index (χ0v) is 20.2. The van der Waals surface area contributed by atoms with Crippen LogP contribution in [-0.4, -0.2) is 54.9 Å². The van der Waals surface area contributed by atoms with Gasteiger partial charge in [-0.15, -0.1) is 0 Å². The van der Waals surface area contributed by atoms with Crippen molar-refractivity contribution in [2.45, 2.75) is 19.9 Å². The summed E-state index contributed by atoms with van der Waals surface area (Å²) in [6.45, 7) is 7.77. The second-order valence-electron chi connectivity index (χ2n) is 9.29. The van der Waals surface area contributed by atoms with Gasteiger partial charge in [-0.1, -0.05) is 12.1 Å². The summed E-state index contributed by atoms with van der Waals surface area (Å²) in [6.07, 6.45) is 1.50. The molecule has 2 saturated heterocycles. The lowest BCUT2D eigenvalue weighted by molar-refractivity contribution is -0.132. The molecule has 0 spiro atoms. The highest BCUT2D eigenvalue weighted by Gasteiger charge is 2.48. The maximum atomic E-state index is 13.3. The van der Waals surface area contributed by atoms with Crippen LogP contribution in [0.15, 0.2) is 70.9 Å². The second-order valence-corrected chi connectivity index (χ2v) is 9.29. The van der Waals surface area contributed by atoms with E-state index in [1.807, 2.05) is 50.2 Å². The van der Waals surface area contributed by atoms with E-state index in [-0.39, 0.29) is 11.3 Å². The van der Waals surface area contributed by atoms with Crippen molar-refractivity contribution in [1.82, 2.24) is 4.90 Å². The van der Waals surface area contributed by atoms with E-state index < -0.39 is 17.7 Å². The van der Waals surface area contributed by atoms with Gasteiger partial charge in [-0.05, 0) is 74.5 Å². The number of nitrogens with zero attached hydrogens (tertiary/aromatic N) is 3. The molecule has 1 aromatic heterocycles. The van der Waals surface area contributed by atoms with Crippen LogP contribution in [-0.2, 0) is 9.59 Å². The van der Waals surface area contributed by atoms with E-state index in [0.29, 0.717) is 17.0 Å². The molecule has 1 N–H and O–H groups in total. The van der Waals surface area contributed by atoms with Crippen molar-refractivity contribution in [2.75, 3.05) is 43.0 Å². The highest BCUT2D eigenvalue weighted by Crippen LogP contribution is 2.42. The molecule has 35 heavy (non-hydrogen) atoms. The number of Topliss-reactive ketones (excluding diaryl/α,β-unsaturated/α-hetero) is 1. The number of hydrogen-bond acceptors (Lipinski definition) is 6. The minimum absolute atomic E-state index is 0.0244. The van der Waals surface area contributed by atoms with E-state index in [0.717, 1.165) is 43.0 Å². The van der Waals surface area contributed by atoms with E-state index in [4.69, 9.17) is 4.42 Å². The lowest BCUT2D eigenvalue weighted by Crippen LogP contribution is -2.44. The van der Waals surface area contributed by atoms with Crippen molar-refractivity contribution >= 4 is 28.8 Å². The number of benzene rings is 2. The number of aliphatic hydroxyl groups excluding tert-OH is 1. The topological polar surface area (TPSA) is 77.2 Å². The molecule has 180 valence electrons. The van der Waals surface area contributed by atoms with Crippen LogP contribution in [0.3, 0.4) is 0 Å². The molecule has 0 bridgehead atoms. The van der Waals surface area contributed by atoms with Gasteiger partial charge in [0.25, 0.3) is 11.7 Å². The first-order chi connectivity index (χ1) is 16.8. The lowest BCUT2D eigenvalue weighted by Gasteiger charge is -2.34. The normalized spacial score (nSPS) is 20.6. The van der Waals surface area contributed by atoms with Crippen molar-refractivity contribution in [3.05, 3.63) is 88.9 Å². The monoisotopic (exact) mass is 471 g/mol. The number of amides is 1. The third-order valence-electron chi connectivity index (χ3n) is 7.03. The van der Waals surface area contributed by atoms with Crippen LogP contribution in [0.2, 0.25) is 0 Å². The predicted octanol–water partition coefficient (Wildman–Crippen LogP) is 4.27. The maximum Gasteiger partial charge on any atom is 0.300 e. The van der Waals surface area contributed by atoms with Crippen LogP contribution in [0.5, 0.6) is 0 Å². The van der Waals surface area contributed by atoms with E-state index in [1.165, 1.54) is 11.2 Å². The van der Waals surface area contributed by atoms with Crippen molar-refractivity contribution in [2.24, 2.45) is 0 Å². The highest BCUT2D eigenvalue weighted by molar-refractivity contribution is 6.51. The zero-order valence-electron chi connectivity index (χ0n) is 20.2. The first kappa shape index (κ1) is 22.9. The van der Waals surface area contributed by atoms with Crippen molar-refractivity contribution in [1.29, 1.82) is 0 Å². The Bertz CT molecular complexity index is 1290. The number of rotatable bonds is 4. The molecule has 7 heteroatoms. The summed E-state index contributed by atoms with van der Waals surface area (Å²) in [5.41, 5.74) is 4.22. The standard InChI is InChI=1S/C28H29N3O4/c1-18-6-7-20(17-19(18)2)26(32)24-25(23-5-4-16-35-23)31(28(34)27(24)33)22-10-8-21(9-11-22)30-14-12-29(3)13-15-30/h4-11,16-17,25,32H,12-15H2,1-3H3/b26-24-. The Morgan fingerprint density at radius 2 is 1.60 bits per heavy atom. The van der Waals surface area contributed by atoms with Gasteiger partial charge in [0.15, 0.2) is 0 Å². The Labute approximate surface area is 204 Å². The number of anilines is 2. The lowest BCUT2D eigenvalue weighted by atomic mass is 9.97. The Morgan fingerprint density at radius 3 is 2.23 bits per heavy atom. The SMILES string of the molecule is Cc1ccc(/C(O)=C2/C(=O)C(=O)N(c3ccc(N4CCN(C)CC4)cc3)C2c2ccco2)cc1C. The Hall–Kier alpha value is -3.84. The quantitative estimate of drug-likeness (QED) is 0.348. The van der Waals surface area contributed by atoms with Gasteiger partial charge in [0.1, 0.15) is 17.6 Å². The number of piperazine rings is 1. The number of aliphatic hydroxyl groups is 1. The van der Waals surface area contributed by atoms with Crippen molar-refractivity contribution in [3.8, 4) is 0 Å². The zero-order chi connectivity index (χ0) is 24.7. The third kappa shape index (κ3) is 4.12. The first-order valence-corrected chi connectivity index (χ1v) is 11.8. The number of furan rings is 1. The second kappa shape index (κ2) is 9.07. The third-order valence-corrected chi connectivity index (χ3v) is 7.03. The molecule has 7 nitrogen and oxygen atoms in total. The molecule has 1 unspecified atom stereocenters. The van der Waals surface area contributed by atoms with Crippen LogP contribution < -0.4 is 9.80 Å². The molecule has 1 amide bonds. The van der Waals surface area contributed by atoms with Gasteiger partial charge >= 0.3 is 0 Å². The fourth-order valence-corrected chi connectivity index (χ4v) is 4.75. The summed E-state index contributed by atoms with van der Waals surface area (Å²) < 4.78 is 5.65. The van der Waals surface area contributed by atoms with Gasteiger partial charge in [0, 0.05) is 43.1 Å². The predicted molar refractivity (Wildman–Crippen MR) is 136 cm³/mol. The molecule has 3 heterocycles. The largest absolute Gasteiger partial charge is 0.507 e. The van der Waals surface area contributed by atoms with Gasteiger partial charge in [0.05, 0.1) is 11.8 Å². The summed E-state index contributed by atoms with van der Waals surface area (Å²) in [5.74, 6) is -1.21. The molecular formula is C28H29N3O4. The fourth-order valence-electron chi connectivity index (χ4n) is 4.75. The Kier molecular flexibility index (Phi) is 5.94. The van der Waals surface area contributed by atoms with E-state index in [2.05, 4.69) is 16.8 Å². The molecule has 2 fully saturated rings. The Morgan fingerprint density at radius 1 is 0.914 bits per heavy atom. The Balaban J connectivity index is 1.55. The van der Waals surface area contributed by atoms with Gasteiger partial charge in [0.2, 0.25) is 0 Å². The molecule has 5 rings (SSSR count). The fraction of sp³-hybridized carbons (Fsp3) is 0.286. The van der Waals surface area contributed by atoms with E-state index >= 15 is 0 Å². The molecule has 2 aliphatic rings. The van der Waals surface area contributed by atoms with Gasteiger partial charge in [-0.25, -0.2) is 0 Å². The summed E-state index contributed by atoms with van der Waals surface area (Å²) >= 11 is 0. The van der Waals surface area contributed by atoms with Crippen LogP contribution in [0.4, 0.5) is 11.4 Å². The van der Waals surface area contributed by atoms with E-state index in [9.17, 15) is 14.7 Å². The smallest absolute Gasteiger partial charge is 0.300 e. The minimum atomic E-state index is -0.860. The number of carbonyl (C=O) groups excluding carboxylic acids is 2. The van der Waals surface area contributed by atoms with Gasteiger partial charge in [-0.3, -0.25) is 14.5 Å². The average Bonchev–Trinajstić information content (AvgIpc) is 3.48. The number of hydrogen-bond donors (Lipinski definition) is 1. The number of likely N-dealkylation sites (N-methyl/N-ethyl adjacent to an activating group) is 1. The summed E-state index contributed by atoms with van der Waals surface area (Å²) in [7, 11) is 2.11. The van der Waals surface area contributed by atoms with Crippen LogP contribution in [0.25, 0.3) is 5.76 Å². The number of carbonyl (C=O) groups is 2. The molecular weight excluding hydrogens is 442 g/mol. The number of aryl methyl sites for hydroxylation is 2. The molecule has 2 aliphatic heterocycles. The van der Waals surface area contributed by atoms with Crippen LogP contribution >= 0.6 is 0 Å². The molecule has 2 aromatic carbocycles. The van der Waals surface area contributed by atoms with Crippen molar-refractivity contribution < 1.29 is 19.1 Å². The summed E-state index contributed by atoms with van der Waals surface area (Å²) in [6, 6.07) is 15.7. The molecule has 0 radical (unpaired) electrons. The highest BCUT2D eigenvalue weighted by atomic mass is 16.3. The molecule has 1 atom stereocenters. The van der Waals surface area contributed by atoms with Gasteiger partial charge in [-0.2, -0.15) is 0 Å². The molecule has 3 aromatic rings. The van der Waals surface area contributed by atoms with Gasteiger partial charge < -0.3 is 19.3 Å².